The van der Waals surface area contributed by atoms with E-state index in [1.807, 2.05) is 0 Å². The lowest BCUT2D eigenvalue weighted by atomic mass is 9.48. The lowest BCUT2D eigenvalue weighted by Gasteiger charge is -2.55. The molecule has 0 radical (unpaired) electrons. The monoisotopic (exact) mass is 391 g/mol. The maximum Gasteiger partial charge on any atom is 0.171 e. The van der Waals surface area contributed by atoms with Gasteiger partial charge in [0.15, 0.2) is 5.78 Å². The standard InChI is InChI=1S/C27H37NO/c1-2-3-4-5-6-9-12-28-19-24(23-10-7-8-11-25(23)28)26(29)27-16-20-13-21(17-27)15-22(14-20)18-27/h7-8,10-11,19-22H,2-6,9,12-18H2,1H3. The van der Waals surface area contributed by atoms with Gasteiger partial charge in [-0.05, 0) is 68.8 Å². The number of hydrogen-bond acceptors (Lipinski definition) is 1. The number of hydrogen-bond donors (Lipinski definition) is 0. The third-order valence-electron chi connectivity index (χ3n) is 8.31. The molecule has 4 aliphatic carbocycles. The van der Waals surface area contributed by atoms with Gasteiger partial charge in [-0.3, -0.25) is 4.79 Å². The van der Waals surface area contributed by atoms with E-state index in [0.717, 1.165) is 49.1 Å². The van der Waals surface area contributed by atoms with Gasteiger partial charge in [0.1, 0.15) is 0 Å². The average molecular weight is 392 g/mol. The second kappa shape index (κ2) is 7.93. The maximum absolute atomic E-state index is 14.0. The predicted octanol–water partition coefficient (Wildman–Crippen LogP) is 7.40. The van der Waals surface area contributed by atoms with Gasteiger partial charge in [0.05, 0.1) is 0 Å². The zero-order valence-corrected chi connectivity index (χ0v) is 18.2. The van der Waals surface area contributed by atoms with Gasteiger partial charge in [0.2, 0.25) is 0 Å². The minimum Gasteiger partial charge on any atom is -0.347 e. The Bertz CT molecular complexity index is 841. The van der Waals surface area contributed by atoms with Crippen LogP contribution in [0.1, 0.15) is 94.3 Å². The van der Waals surface area contributed by atoms with E-state index in [4.69, 9.17) is 0 Å². The van der Waals surface area contributed by atoms with Crippen molar-refractivity contribution in [3.05, 3.63) is 36.0 Å². The molecular weight excluding hydrogens is 354 g/mol. The molecule has 1 heterocycles. The summed E-state index contributed by atoms with van der Waals surface area (Å²) < 4.78 is 2.38. The fourth-order valence-corrected chi connectivity index (χ4v) is 7.35. The molecule has 0 atom stereocenters. The molecule has 0 unspecified atom stereocenters. The molecule has 0 saturated heterocycles. The quantitative estimate of drug-likeness (QED) is 0.322. The van der Waals surface area contributed by atoms with E-state index in [0.29, 0.717) is 5.78 Å². The van der Waals surface area contributed by atoms with Gasteiger partial charge in [-0.1, -0.05) is 57.2 Å². The summed E-state index contributed by atoms with van der Waals surface area (Å²) in [4.78, 5) is 14.0. The largest absolute Gasteiger partial charge is 0.347 e. The summed E-state index contributed by atoms with van der Waals surface area (Å²) in [6.45, 7) is 3.31. The third-order valence-corrected chi connectivity index (χ3v) is 8.31. The number of carbonyl (C=O) groups excluding carboxylic acids is 1. The van der Waals surface area contributed by atoms with Crippen molar-refractivity contribution < 1.29 is 4.79 Å². The number of unbranched alkanes of at least 4 members (excludes halogenated alkanes) is 5. The van der Waals surface area contributed by atoms with Crippen molar-refractivity contribution in [3.8, 4) is 0 Å². The van der Waals surface area contributed by atoms with Crippen LogP contribution < -0.4 is 0 Å². The lowest BCUT2D eigenvalue weighted by molar-refractivity contribution is -0.0352. The summed E-state index contributed by atoms with van der Waals surface area (Å²) in [7, 11) is 0. The number of Topliss-reactive ketones (excluding diaryl/α,β-unsaturated/α-hetero) is 1. The van der Waals surface area contributed by atoms with Gasteiger partial charge >= 0.3 is 0 Å². The van der Waals surface area contributed by atoms with E-state index >= 15 is 0 Å². The molecule has 29 heavy (non-hydrogen) atoms. The van der Waals surface area contributed by atoms with E-state index in [1.54, 1.807) is 0 Å². The van der Waals surface area contributed by atoms with Crippen LogP contribution in [0.4, 0.5) is 0 Å². The summed E-state index contributed by atoms with van der Waals surface area (Å²) in [5.74, 6) is 2.94. The van der Waals surface area contributed by atoms with Crippen molar-refractivity contribution >= 4 is 16.7 Å². The Balaban J connectivity index is 1.37. The van der Waals surface area contributed by atoms with Crippen molar-refractivity contribution in [1.82, 2.24) is 4.57 Å². The number of benzene rings is 1. The fourth-order valence-electron chi connectivity index (χ4n) is 7.35. The average Bonchev–Trinajstić information content (AvgIpc) is 3.08. The first-order chi connectivity index (χ1) is 14.2. The van der Waals surface area contributed by atoms with Crippen LogP contribution in [-0.4, -0.2) is 10.4 Å². The van der Waals surface area contributed by atoms with Gasteiger partial charge in [-0.25, -0.2) is 0 Å². The van der Waals surface area contributed by atoms with Crippen molar-refractivity contribution in [2.45, 2.75) is 90.5 Å². The second-order valence-electron chi connectivity index (χ2n) is 10.5. The molecule has 2 nitrogen and oxygen atoms in total. The molecular formula is C27H37NO. The van der Waals surface area contributed by atoms with Crippen LogP contribution in [0.2, 0.25) is 0 Å². The van der Waals surface area contributed by atoms with Crippen LogP contribution in [0.5, 0.6) is 0 Å². The summed E-state index contributed by atoms with van der Waals surface area (Å²) >= 11 is 0. The van der Waals surface area contributed by atoms with Crippen molar-refractivity contribution in [3.63, 3.8) is 0 Å². The molecule has 6 rings (SSSR count). The van der Waals surface area contributed by atoms with E-state index in [1.165, 1.54) is 68.7 Å². The summed E-state index contributed by atoms with van der Waals surface area (Å²) in [5, 5.41) is 1.19. The number of ketones is 1. The minimum atomic E-state index is -0.0378. The highest BCUT2D eigenvalue weighted by Gasteiger charge is 2.54. The maximum atomic E-state index is 14.0. The molecule has 4 fully saturated rings. The van der Waals surface area contributed by atoms with Crippen LogP contribution in [0.25, 0.3) is 10.9 Å². The molecule has 2 heteroatoms. The van der Waals surface area contributed by atoms with Crippen LogP contribution in [0.3, 0.4) is 0 Å². The predicted molar refractivity (Wildman–Crippen MR) is 120 cm³/mol. The van der Waals surface area contributed by atoms with Gasteiger partial charge < -0.3 is 4.57 Å². The SMILES string of the molecule is CCCCCCCCn1cc(C(=O)C23CC4CC(CC(C4)C2)C3)c2ccccc21. The normalized spacial score (nSPS) is 30.3. The van der Waals surface area contributed by atoms with Gasteiger partial charge in [0.25, 0.3) is 0 Å². The highest BCUT2D eigenvalue weighted by atomic mass is 16.1. The number of nitrogens with zero attached hydrogens (tertiary/aromatic N) is 1. The Hall–Kier alpha value is -1.57. The number of aryl methyl sites for hydroxylation is 1. The molecule has 1 aromatic heterocycles. The molecule has 0 amide bonds. The number of rotatable bonds is 9. The molecule has 4 saturated carbocycles. The first-order valence-electron chi connectivity index (χ1n) is 12.3. The molecule has 2 aromatic rings. The molecule has 156 valence electrons. The van der Waals surface area contributed by atoms with Crippen LogP contribution >= 0.6 is 0 Å². The highest BCUT2D eigenvalue weighted by molar-refractivity contribution is 6.11. The number of para-hydroxylation sites is 1. The fraction of sp³-hybridized carbons (Fsp3) is 0.667. The smallest absolute Gasteiger partial charge is 0.171 e. The summed E-state index contributed by atoms with van der Waals surface area (Å²) in [6.07, 6.45) is 17.8. The molecule has 0 spiro atoms. The molecule has 4 aliphatic rings. The van der Waals surface area contributed by atoms with Crippen LogP contribution in [-0.2, 0) is 6.54 Å². The first kappa shape index (κ1) is 19.4. The Morgan fingerprint density at radius 2 is 1.55 bits per heavy atom. The second-order valence-corrected chi connectivity index (χ2v) is 10.5. The van der Waals surface area contributed by atoms with Gasteiger partial charge in [-0.15, -0.1) is 0 Å². The van der Waals surface area contributed by atoms with E-state index in [2.05, 4.69) is 42.0 Å². The number of fused-ring (bicyclic) bond motifs is 1. The van der Waals surface area contributed by atoms with Crippen molar-refractivity contribution in [2.24, 2.45) is 23.2 Å². The summed E-state index contributed by atoms with van der Waals surface area (Å²) in [5.41, 5.74) is 2.24. The Labute approximate surface area is 176 Å². The lowest BCUT2D eigenvalue weighted by Crippen LogP contribution is -2.50. The van der Waals surface area contributed by atoms with E-state index < -0.39 is 0 Å². The van der Waals surface area contributed by atoms with Crippen LogP contribution in [0, 0.1) is 23.2 Å². The van der Waals surface area contributed by atoms with Crippen molar-refractivity contribution in [1.29, 1.82) is 0 Å². The van der Waals surface area contributed by atoms with Crippen LogP contribution in [0.15, 0.2) is 30.5 Å². The van der Waals surface area contributed by atoms with Crippen molar-refractivity contribution in [2.75, 3.05) is 0 Å². The summed E-state index contributed by atoms with van der Waals surface area (Å²) in [6, 6.07) is 8.62. The number of carbonyl (C=O) groups is 1. The zero-order valence-electron chi connectivity index (χ0n) is 18.2. The highest BCUT2D eigenvalue weighted by Crippen LogP contribution is 2.61. The van der Waals surface area contributed by atoms with Gasteiger partial charge in [0, 0.05) is 34.6 Å². The molecule has 1 aromatic carbocycles. The molecule has 0 N–H and O–H groups in total. The van der Waals surface area contributed by atoms with E-state index in [9.17, 15) is 4.79 Å². The topological polar surface area (TPSA) is 22.0 Å². The Kier molecular flexibility index (Phi) is 5.30. The zero-order chi connectivity index (χ0) is 19.8. The van der Waals surface area contributed by atoms with Gasteiger partial charge in [-0.2, -0.15) is 0 Å². The first-order valence-corrected chi connectivity index (χ1v) is 12.3. The Morgan fingerprint density at radius 1 is 0.931 bits per heavy atom. The molecule has 0 aliphatic heterocycles. The minimum absolute atomic E-state index is 0.0378. The molecule has 4 bridgehead atoms. The number of aromatic nitrogens is 1. The third kappa shape index (κ3) is 3.57. The van der Waals surface area contributed by atoms with E-state index in [-0.39, 0.29) is 5.41 Å². The Morgan fingerprint density at radius 3 is 2.24 bits per heavy atom.